The van der Waals surface area contributed by atoms with Gasteiger partial charge in [-0.15, -0.1) is 0 Å². The summed E-state index contributed by atoms with van der Waals surface area (Å²) >= 11 is 0. The Balaban J connectivity index is 0.000000952. The van der Waals surface area contributed by atoms with Crippen molar-refractivity contribution in [3.8, 4) is 27.9 Å². The molecule has 11 aromatic carbocycles. The fraction of sp³-hybridized carbons (Fsp3) is 0. The molecule has 0 spiro atoms. The lowest BCUT2D eigenvalue weighted by molar-refractivity contribution is 0.535. The van der Waals surface area contributed by atoms with Crippen LogP contribution in [0.1, 0.15) is 0 Å². The second kappa shape index (κ2) is 13.9. The summed E-state index contributed by atoms with van der Waals surface area (Å²) in [5.74, 6) is 0. The third-order valence-corrected chi connectivity index (χ3v) is 11.9. The molecule has 0 N–H and O–H groups in total. The predicted molar refractivity (Wildman–Crippen MR) is 246 cm³/mol. The van der Waals surface area contributed by atoms with Gasteiger partial charge >= 0.3 is 7.54 Å². The van der Waals surface area contributed by atoms with Crippen LogP contribution in [0.25, 0.3) is 114 Å². The van der Waals surface area contributed by atoms with E-state index in [9.17, 15) is 12.9 Å². The minimum Gasteiger partial charge on any atom is -0.309 e. The lowest BCUT2D eigenvalue weighted by atomic mass is 9.90. The smallest absolute Gasteiger partial charge is 0.309 e. The summed E-state index contributed by atoms with van der Waals surface area (Å²) in [5.41, 5.74) is 8.35. The Labute approximate surface area is 338 Å². The van der Waals surface area contributed by atoms with Gasteiger partial charge in [0.1, 0.15) is 0 Å². The van der Waals surface area contributed by atoms with Gasteiger partial charge in [-0.1, -0.05) is 158 Å². The maximum absolute atomic E-state index is 9.67. The highest BCUT2D eigenvalue weighted by atomic mass is 19.4. The van der Waals surface area contributed by atoms with Crippen molar-refractivity contribution in [2.45, 2.75) is 0 Å². The number of rotatable bonds is 3. The molecule has 0 saturated carbocycles. The number of nitrogens with zero attached hydrogens (tertiary/aromatic N) is 1. The molecule has 278 valence electrons. The Morgan fingerprint density at radius 1 is 0.254 bits per heavy atom. The van der Waals surface area contributed by atoms with Crippen molar-refractivity contribution in [1.29, 1.82) is 0 Å². The molecular formula is C54H33BF3N. The van der Waals surface area contributed by atoms with Crippen molar-refractivity contribution < 1.29 is 12.9 Å². The third-order valence-electron chi connectivity index (χ3n) is 11.9. The molecule has 1 nitrogen and oxygen atoms in total. The van der Waals surface area contributed by atoms with Crippen molar-refractivity contribution in [2.75, 3.05) is 0 Å². The zero-order chi connectivity index (χ0) is 39.6. The molecule has 12 aromatic rings. The van der Waals surface area contributed by atoms with Gasteiger partial charge in [0.05, 0.1) is 11.0 Å². The number of hydrogen-bond donors (Lipinski definition) is 0. The van der Waals surface area contributed by atoms with Crippen LogP contribution in [0.3, 0.4) is 0 Å². The lowest BCUT2D eigenvalue weighted by Crippen LogP contribution is -1.96. The number of benzene rings is 11. The Kier molecular flexibility index (Phi) is 8.23. The number of halogens is 3. The van der Waals surface area contributed by atoms with Crippen LogP contribution in [-0.4, -0.2) is 12.1 Å². The minimum absolute atomic E-state index is 1.15. The second-order valence-electron chi connectivity index (χ2n) is 15.1. The van der Waals surface area contributed by atoms with Gasteiger partial charge in [0.25, 0.3) is 0 Å². The molecule has 0 unspecified atom stereocenters. The fourth-order valence-corrected chi connectivity index (χ4v) is 9.45. The zero-order valence-electron chi connectivity index (χ0n) is 31.7. The van der Waals surface area contributed by atoms with Crippen molar-refractivity contribution in [3.63, 3.8) is 0 Å². The van der Waals surface area contributed by atoms with E-state index in [0.29, 0.717) is 0 Å². The van der Waals surface area contributed by atoms with Gasteiger partial charge in [-0.2, -0.15) is 0 Å². The lowest BCUT2D eigenvalue weighted by Gasteiger charge is -2.16. The number of aromatic nitrogens is 1. The SMILES string of the molecule is FB(F)F.c1ccc2c(c1)c1ccccc1c1cc(-c3cc(-c4ccc5c6ccccc6c6ccccc6c5c4)cc(-n4c5ccccc5c5ccccc54)c3)ccc21. The Morgan fingerprint density at radius 2 is 0.525 bits per heavy atom. The van der Waals surface area contributed by atoms with Crippen LogP contribution in [0, 0.1) is 0 Å². The monoisotopic (exact) mass is 763 g/mol. The van der Waals surface area contributed by atoms with Gasteiger partial charge in [0.15, 0.2) is 0 Å². The van der Waals surface area contributed by atoms with Gasteiger partial charge in [-0.3, -0.25) is 12.9 Å². The normalized spacial score (nSPS) is 11.6. The van der Waals surface area contributed by atoms with E-state index >= 15 is 0 Å². The highest BCUT2D eigenvalue weighted by Crippen LogP contribution is 2.42. The minimum atomic E-state index is -3.67. The average molecular weight is 764 g/mol. The van der Waals surface area contributed by atoms with E-state index in [2.05, 4.69) is 205 Å². The maximum Gasteiger partial charge on any atom is 0.762 e. The standard InChI is InChI=1S/C54H33N.BF3/c1-3-17-43-39(13-1)41-15-5-7-19-45(41)51-32-34(25-27-47(43)51)36-29-37(31-38(30-36)55-53-23-11-9-21-49(53)50-22-10-12-24-54(50)55)35-26-28-48-44-18-4-2-14-40(44)42-16-6-8-20-46(42)52(48)33-35;2-1(3)4/h1-33H;. The van der Waals surface area contributed by atoms with Crippen LogP contribution >= 0.6 is 0 Å². The van der Waals surface area contributed by atoms with Crippen molar-refractivity contribution in [2.24, 2.45) is 0 Å². The van der Waals surface area contributed by atoms with Crippen LogP contribution in [-0.2, 0) is 0 Å². The first kappa shape index (κ1) is 34.8. The molecule has 0 aliphatic heterocycles. The number of hydrogen-bond acceptors (Lipinski definition) is 0. The number of fused-ring (bicyclic) bond motifs is 15. The van der Waals surface area contributed by atoms with Gasteiger partial charge in [0, 0.05) is 16.5 Å². The van der Waals surface area contributed by atoms with E-state index in [1.165, 1.54) is 109 Å². The van der Waals surface area contributed by atoms with E-state index in [1.54, 1.807) is 0 Å². The van der Waals surface area contributed by atoms with Crippen LogP contribution in [0.5, 0.6) is 0 Å². The van der Waals surface area contributed by atoms with E-state index in [1.807, 2.05) is 0 Å². The largest absolute Gasteiger partial charge is 0.762 e. The molecular weight excluding hydrogens is 730 g/mol. The first-order valence-corrected chi connectivity index (χ1v) is 19.7. The van der Waals surface area contributed by atoms with Crippen molar-refractivity contribution >= 4 is 94.0 Å². The van der Waals surface area contributed by atoms with E-state index in [4.69, 9.17) is 0 Å². The second-order valence-corrected chi connectivity index (χ2v) is 15.1. The average Bonchev–Trinajstić information content (AvgIpc) is 3.63. The van der Waals surface area contributed by atoms with Crippen LogP contribution < -0.4 is 0 Å². The zero-order valence-corrected chi connectivity index (χ0v) is 31.7. The quantitative estimate of drug-likeness (QED) is 0.125. The van der Waals surface area contributed by atoms with Gasteiger partial charge < -0.3 is 4.57 Å². The summed E-state index contributed by atoms with van der Waals surface area (Å²) in [5, 5.41) is 18.0. The summed E-state index contributed by atoms with van der Waals surface area (Å²) in [6, 6.07) is 74.2. The molecule has 0 bridgehead atoms. The molecule has 0 fully saturated rings. The maximum atomic E-state index is 9.67. The van der Waals surface area contributed by atoms with E-state index in [-0.39, 0.29) is 0 Å². The summed E-state index contributed by atoms with van der Waals surface area (Å²) in [6.45, 7) is 0. The topological polar surface area (TPSA) is 4.93 Å². The summed E-state index contributed by atoms with van der Waals surface area (Å²) in [7, 11) is -3.67. The molecule has 0 aliphatic carbocycles. The molecule has 12 rings (SSSR count). The van der Waals surface area contributed by atoms with Crippen molar-refractivity contribution in [3.05, 3.63) is 200 Å². The first-order valence-electron chi connectivity index (χ1n) is 19.7. The molecule has 0 amide bonds. The first-order chi connectivity index (χ1) is 29.0. The van der Waals surface area contributed by atoms with Gasteiger partial charge in [-0.25, -0.2) is 0 Å². The number of para-hydroxylation sites is 2. The van der Waals surface area contributed by atoms with E-state index < -0.39 is 7.54 Å². The molecule has 0 radical (unpaired) electrons. The molecule has 0 saturated heterocycles. The van der Waals surface area contributed by atoms with Crippen LogP contribution in [0.2, 0.25) is 0 Å². The van der Waals surface area contributed by atoms with Crippen LogP contribution in [0.4, 0.5) is 12.9 Å². The summed E-state index contributed by atoms with van der Waals surface area (Å²) < 4.78 is 31.4. The summed E-state index contributed by atoms with van der Waals surface area (Å²) in [6.07, 6.45) is 0. The molecule has 1 heterocycles. The molecule has 59 heavy (non-hydrogen) atoms. The van der Waals surface area contributed by atoms with Crippen LogP contribution in [0.15, 0.2) is 200 Å². The Bertz CT molecular complexity index is 3320. The molecule has 0 atom stereocenters. The predicted octanol–water partition coefficient (Wildman–Crippen LogP) is 15.9. The Hall–Kier alpha value is -7.37. The molecule has 0 aliphatic rings. The highest BCUT2D eigenvalue weighted by Gasteiger charge is 2.17. The molecule has 5 heteroatoms. The van der Waals surface area contributed by atoms with Crippen molar-refractivity contribution in [1.82, 2.24) is 4.57 Å². The Morgan fingerprint density at radius 3 is 0.864 bits per heavy atom. The fourth-order valence-electron chi connectivity index (χ4n) is 9.45. The molecule has 1 aromatic heterocycles. The summed E-state index contributed by atoms with van der Waals surface area (Å²) in [4.78, 5) is 0. The highest BCUT2D eigenvalue weighted by molar-refractivity contribution is 6.33. The van der Waals surface area contributed by atoms with Gasteiger partial charge in [0.2, 0.25) is 0 Å². The third kappa shape index (κ3) is 5.73. The van der Waals surface area contributed by atoms with E-state index in [0.717, 1.165) is 5.69 Å². The van der Waals surface area contributed by atoms with Gasteiger partial charge in [-0.05, 0) is 129 Å².